The Kier molecular flexibility index (Phi) is 7.04. The number of hydrogen-bond acceptors (Lipinski definition) is 5. The molecule has 0 radical (unpaired) electrons. The first-order chi connectivity index (χ1) is 16.0. The molecule has 2 heterocycles. The lowest BCUT2D eigenvalue weighted by Crippen LogP contribution is -2.49. The second-order valence-corrected chi connectivity index (χ2v) is 8.64. The van der Waals surface area contributed by atoms with Gasteiger partial charge in [0.15, 0.2) is 11.2 Å². The molecule has 0 aliphatic carbocycles. The van der Waals surface area contributed by atoms with E-state index in [4.69, 9.17) is 4.42 Å². The highest BCUT2D eigenvalue weighted by Crippen LogP contribution is 2.27. The summed E-state index contributed by atoms with van der Waals surface area (Å²) in [6.07, 6.45) is -2.15. The van der Waals surface area contributed by atoms with Crippen molar-refractivity contribution in [1.29, 1.82) is 0 Å². The number of rotatable bonds is 8. The third kappa shape index (κ3) is 5.22. The summed E-state index contributed by atoms with van der Waals surface area (Å²) in [5, 5.41) is 6.78. The van der Waals surface area contributed by atoms with Crippen LogP contribution in [0, 0.1) is 5.82 Å². The molecule has 1 atom stereocenters. The maximum atomic E-state index is 15.0. The van der Waals surface area contributed by atoms with Gasteiger partial charge in [0.25, 0.3) is 5.89 Å². The lowest BCUT2D eigenvalue weighted by molar-refractivity contribution is -0.119. The molecule has 1 aliphatic heterocycles. The van der Waals surface area contributed by atoms with Crippen LogP contribution in [0.1, 0.15) is 17.9 Å². The predicted octanol–water partition coefficient (Wildman–Crippen LogP) is 3.17. The molecule has 1 aliphatic rings. The van der Waals surface area contributed by atoms with Gasteiger partial charge in [-0.15, -0.1) is 10.2 Å². The molecule has 3 aromatic rings. The van der Waals surface area contributed by atoms with E-state index < -0.39 is 29.3 Å². The SMILES string of the molecule is O=CN1CCN(S(=O)N(Cc2ccc(-c3nnc(C(F)F)o3)cc2F)c2ccccc2)CC1. The number of nitrogens with zero attached hydrogens (tertiary/aromatic N) is 5. The van der Waals surface area contributed by atoms with Crippen LogP contribution in [-0.4, -0.2) is 56.2 Å². The third-order valence-electron chi connectivity index (χ3n) is 5.12. The summed E-state index contributed by atoms with van der Waals surface area (Å²) >= 11 is -1.63. The first-order valence-electron chi connectivity index (χ1n) is 10.1. The van der Waals surface area contributed by atoms with E-state index in [1.165, 1.54) is 12.1 Å². The monoisotopic (exact) mass is 479 g/mol. The summed E-state index contributed by atoms with van der Waals surface area (Å²) in [6, 6.07) is 13.0. The fraction of sp³-hybridized carbons (Fsp3) is 0.286. The van der Waals surface area contributed by atoms with Gasteiger partial charge in [0.1, 0.15) is 5.82 Å². The molecule has 1 amide bonds. The topological polar surface area (TPSA) is 82.8 Å². The van der Waals surface area contributed by atoms with Gasteiger partial charge in [0.2, 0.25) is 12.3 Å². The van der Waals surface area contributed by atoms with Crippen molar-refractivity contribution in [1.82, 2.24) is 19.4 Å². The van der Waals surface area contributed by atoms with Crippen molar-refractivity contribution in [2.24, 2.45) is 0 Å². The molecule has 174 valence electrons. The van der Waals surface area contributed by atoms with Gasteiger partial charge in [0, 0.05) is 37.3 Å². The fourth-order valence-corrected chi connectivity index (χ4v) is 4.64. The zero-order chi connectivity index (χ0) is 23.4. The van der Waals surface area contributed by atoms with Crippen LogP contribution in [0.3, 0.4) is 0 Å². The van der Waals surface area contributed by atoms with Crippen molar-refractivity contribution >= 4 is 23.3 Å². The summed E-state index contributed by atoms with van der Waals surface area (Å²) in [6.45, 7) is 1.72. The second kappa shape index (κ2) is 10.1. The average Bonchev–Trinajstić information content (AvgIpc) is 3.34. The Hall–Kier alpha value is -3.25. The van der Waals surface area contributed by atoms with E-state index in [2.05, 4.69) is 10.2 Å². The molecular formula is C21H20F3N5O3S. The number of piperazine rings is 1. The van der Waals surface area contributed by atoms with Crippen LogP contribution in [-0.2, 0) is 22.5 Å². The van der Waals surface area contributed by atoms with Crippen LogP contribution in [0.5, 0.6) is 0 Å². The average molecular weight is 479 g/mol. The Morgan fingerprint density at radius 2 is 1.82 bits per heavy atom. The number of alkyl halides is 2. The van der Waals surface area contributed by atoms with Crippen molar-refractivity contribution in [2.45, 2.75) is 13.0 Å². The molecule has 0 bridgehead atoms. The molecule has 1 saturated heterocycles. The van der Waals surface area contributed by atoms with Gasteiger partial charge >= 0.3 is 6.43 Å². The number of para-hydroxylation sites is 1. The number of benzene rings is 2. The number of carbonyl (C=O) groups is 1. The zero-order valence-corrected chi connectivity index (χ0v) is 18.1. The van der Waals surface area contributed by atoms with Crippen molar-refractivity contribution in [3.8, 4) is 11.5 Å². The largest absolute Gasteiger partial charge is 0.415 e. The van der Waals surface area contributed by atoms with Crippen molar-refractivity contribution < 1.29 is 26.6 Å². The minimum absolute atomic E-state index is 0.0112. The minimum Gasteiger partial charge on any atom is -0.415 e. The molecule has 0 spiro atoms. The Morgan fingerprint density at radius 3 is 2.42 bits per heavy atom. The highest BCUT2D eigenvalue weighted by atomic mass is 32.2. The summed E-state index contributed by atoms with van der Waals surface area (Å²) in [7, 11) is 0. The lowest BCUT2D eigenvalue weighted by atomic mass is 10.1. The molecule has 12 heteroatoms. The molecule has 1 unspecified atom stereocenters. The lowest BCUT2D eigenvalue weighted by Gasteiger charge is -2.35. The van der Waals surface area contributed by atoms with Crippen LogP contribution in [0.15, 0.2) is 52.9 Å². The first-order valence-corrected chi connectivity index (χ1v) is 11.1. The number of amides is 1. The number of hydrogen-bond donors (Lipinski definition) is 0. The summed E-state index contributed by atoms with van der Waals surface area (Å²) in [5.74, 6) is -1.69. The van der Waals surface area contributed by atoms with Crippen molar-refractivity contribution in [3.05, 3.63) is 65.8 Å². The van der Waals surface area contributed by atoms with Crippen LogP contribution in [0.4, 0.5) is 18.9 Å². The van der Waals surface area contributed by atoms with E-state index in [-0.39, 0.29) is 23.6 Å². The van der Waals surface area contributed by atoms with E-state index in [0.717, 1.165) is 12.5 Å². The molecule has 4 rings (SSSR count). The van der Waals surface area contributed by atoms with Crippen molar-refractivity contribution in [2.75, 3.05) is 30.5 Å². The van der Waals surface area contributed by atoms with Gasteiger partial charge in [0.05, 0.1) is 12.2 Å². The van der Waals surface area contributed by atoms with E-state index in [1.54, 1.807) is 37.8 Å². The molecule has 0 N–H and O–H groups in total. The van der Waals surface area contributed by atoms with E-state index in [0.29, 0.717) is 31.9 Å². The minimum atomic E-state index is -2.92. The number of aromatic nitrogens is 2. The maximum absolute atomic E-state index is 15.0. The molecule has 8 nitrogen and oxygen atoms in total. The van der Waals surface area contributed by atoms with Gasteiger partial charge < -0.3 is 9.32 Å². The Balaban J connectivity index is 1.57. The maximum Gasteiger partial charge on any atom is 0.314 e. The molecule has 1 fully saturated rings. The van der Waals surface area contributed by atoms with E-state index >= 15 is 0 Å². The molecule has 2 aromatic carbocycles. The zero-order valence-electron chi connectivity index (χ0n) is 17.3. The smallest absolute Gasteiger partial charge is 0.314 e. The van der Waals surface area contributed by atoms with E-state index in [9.17, 15) is 22.2 Å². The normalized spacial score (nSPS) is 15.6. The Labute approximate surface area is 190 Å². The molecule has 0 saturated carbocycles. The highest BCUT2D eigenvalue weighted by molar-refractivity contribution is 7.84. The highest BCUT2D eigenvalue weighted by Gasteiger charge is 2.26. The van der Waals surface area contributed by atoms with Gasteiger partial charge in [-0.05, 0) is 24.3 Å². The van der Waals surface area contributed by atoms with Gasteiger partial charge in [-0.1, -0.05) is 24.3 Å². The van der Waals surface area contributed by atoms with Crippen LogP contribution in [0.25, 0.3) is 11.5 Å². The van der Waals surface area contributed by atoms with Crippen LogP contribution >= 0.6 is 0 Å². The standard InChI is InChI=1S/C21H20F3N5O3S/c22-18-12-15(20-25-26-21(32-20)19(23)24)6-7-16(18)13-29(17-4-2-1-3-5-17)33(31)28-10-8-27(14-30)9-11-28/h1-7,12,14,19H,8-11,13H2. The van der Waals surface area contributed by atoms with Gasteiger partial charge in [-0.25, -0.2) is 12.9 Å². The molecule has 1 aromatic heterocycles. The number of anilines is 1. The molecular weight excluding hydrogens is 459 g/mol. The summed E-state index contributed by atoms with van der Waals surface area (Å²) in [4.78, 5) is 12.6. The van der Waals surface area contributed by atoms with E-state index in [1.807, 2.05) is 6.07 Å². The van der Waals surface area contributed by atoms with Gasteiger partial charge in [-0.2, -0.15) is 8.78 Å². The predicted molar refractivity (Wildman–Crippen MR) is 115 cm³/mol. The van der Waals surface area contributed by atoms with Crippen molar-refractivity contribution in [3.63, 3.8) is 0 Å². The number of carbonyl (C=O) groups excluding carboxylic acids is 1. The number of halogens is 3. The summed E-state index contributed by atoms with van der Waals surface area (Å²) in [5.41, 5.74) is 1.04. The third-order valence-corrected chi connectivity index (χ3v) is 6.64. The summed E-state index contributed by atoms with van der Waals surface area (Å²) < 4.78 is 61.9. The van der Waals surface area contributed by atoms with Crippen LogP contribution in [0.2, 0.25) is 0 Å². The Bertz CT molecular complexity index is 1120. The molecule has 33 heavy (non-hydrogen) atoms. The quantitative estimate of drug-likeness (QED) is 0.464. The second-order valence-electron chi connectivity index (χ2n) is 7.23. The Morgan fingerprint density at radius 1 is 1.09 bits per heavy atom. The van der Waals surface area contributed by atoms with Crippen LogP contribution < -0.4 is 4.31 Å². The fourth-order valence-electron chi connectivity index (χ4n) is 3.34. The van der Waals surface area contributed by atoms with Gasteiger partial charge in [-0.3, -0.25) is 9.10 Å². The first kappa shape index (κ1) is 22.9.